The molecule has 1 atom stereocenters. The van der Waals surface area contributed by atoms with Gasteiger partial charge in [-0.1, -0.05) is 13.0 Å². The first-order chi connectivity index (χ1) is 13.1. The molecule has 1 fully saturated rings. The molecule has 150 valence electrons. The van der Waals surface area contributed by atoms with Gasteiger partial charge in [0.1, 0.15) is 5.82 Å². The predicted octanol–water partition coefficient (Wildman–Crippen LogP) is 2.28. The molecule has 1 amide bonds. The molecule has 2 aromatic heterocycles. The topological polar surface area (TPSA) is 115 Å². The first kappa shape index (κ1) is 20.3. The fourth-order valence-electron chi connectivity index (χ4n) is 3.16. The number of aromatic nitrogens is 1. The number of carbonyl (C=O) groups is 1. The van der Waals surface area contributed by atoms with E-state index in [0.717, 1.165) is 22.0 Å². The van der Waals surface area contributed by atoms with Crippen molar-refractivity contribution in [1.29, 1.82) is 5.41 Å². The van der Waals surface area contributed by atoms with Crippen molar-refractivity contribution in [3.63, 3.8) is 0 Å². The van der Waals surface area contributed by atoms with E-state index in [1.165, 1.54) is 18.4 Å². The molecular formula is C18H23N5O3S2. The third-order valence-electron chi connectivity index (χ3n) is 4.65. The van der Waals surface area contributed by atoms with Gasteiger partial charge in [0.2, 0.25) is 16.0 Å². The minimum Gasteiger partial charge on any atom is -0.344 e. The SMILES string of the molecule is CCc1cccc(NC(=O)c2cc(C)c([C@]3(C)CS(=O)(=O)N(C)C(=N)N3)s2)n1. The highest BCUT2D eigenvalue weighted by molar-refractivity contribution is 7.89. The Bertz CT molecular complexity index is 1050. The van der Waals surface area contributed by atoms with Gasteiger partial charge in [-0.15, -0.1) is 11.3 Å². The third kappa shape index (κ3) is 3.74. The van der Waals surface area contributed by atoms with Crippen LogP contribution in [0.15, 0.2) is 24.3 Å². The number of anilines is 1. The number of thiophene rings is 1. The van der Waals surface area contributed by atoms with Gasteiger partial charge in [0.05, 0.1) is 16.2 Å². The fraction of sp³-hybridized carbons (Fsp3) is 0.389. The molecule has 0 unspecified atom stereocenters. The van der Waals surface area contributed by atoms with E-state index in [9.17, 15) is 13.2 Å². The molecule has 8 nitrogen and oxygen atoms in total. The first-order valence-corrected chi connectivity index (χ1v) is 11.2. The minimum absolute atomic E-state index is 0.187. The van der Waals surface area contributed by atoms with Gasteiger partial charge in [0.25, 0.3) is 5.91 Å². The highest BCUT2D eigenvalue weighted by Crippen LogP contribution is 2.36. The summed E-state index contributed by atoms with van der Waals surface area (Å²) >= 11 is 1.22. The number of hydrogen-bond acceptors (Lipinski definition) is 6. The normalized spacial score (nSPS) is 21.3. The lowest BCUT2D eigenvalue weighted by Gasteiger charge is -2.39. The van der Waals surface area contributed by atoms with Crippen LogP contribution >= 0.6 is 11.3 Å². The molecule has 0 spiro atoms. The van der Waals surface area contributed by atoms with Crippen LogP contribution in [0.5, 0.6) is 0 Å². The number of aryl methyl sites for hydroxylation is 2. The summed E-state index contributed by atoms with van der Waals surface area (Å²) in [4.78, 5) is 18.2. The van der Waals surface area contributed by atoms with Crippen molar-refractivity contribution >= 4 is 39.0 Å². The van der Waals surface area contributed by atoms with Crippen molar-refractivity contribution in [2.45, 2.75) is 32.7 Å². The summed E-state index contributed by atoms with van der Waals surface area (Å²) in [7, 11) is -2.26. The van der Waals surface area contributed by atoms with Crippen LogP contribution in [0.4, 0.5) is 5.82 Å². The van der Waals surface area contributed by atoms with E-state index < -0.39 is 15.6 Å². The maximum absolute atomic E-state index is 12.7. The first-order valence-electron chi connectivity index (χ1n) is 8.77. The molecule has 0 saturated carbocycles. The quantitative estimate of drug-likeness (QED) is 0.701. The summed E-state index contributed by atoms with van der Waals surface area (Å²) in [6.45, 7) is 5.56. The van der Waals surface area contributed by atoms with Crippen LogP contribution in [-0.4, -0.2) is 42.4 Å². The van der Waals surface area contributed by atoms with Gasteiger partial charge in [-0.05, 0) is 44.0 Å². The second-order valence-corrected chi connectivity index (χ2v) is 10.0. The molecule has 1 aliphatic heterocycles. The Morgan fingerprint density at radius 3 is 2.82 bits per heavy atom. The van der Waals surface area contributed by atoms with Gasteiger partial charge >= 0.3 is 0 Å². The molecule has 3 N–H and O–H groups in total. The van der Waals surface area contributed by atoms with Crippen molar-refractivity contribution in [2.75, 3.05) is 18.1 Å². The lowest BCUT2D eigenvalue weighted by Crippen LogP contribution is -2.60. The van der Waals surface area contributed by atoms with Crippen molar-refractivity contribution < 1.29 is 13.2 Å². The summed E-state index contributed by atoms with van der Waals surface area (Å²) < 4.78 is 25.7. The van der Waals surface area contributed by atoms with Crippen molar-refractivity contribution in [3.8, 4) is 0 Å². The number of amides is 1. The third-order valence-corrected chi connectivity index (χ3v) is 8.11. The number of rotatable bonds is 4. The van der Waals surface area contributed by atoms with Gasteiger partial charge in [-0.25, -0.2) is 17.7 Å². The molecule has 3 heterocycles. The predicted molar refractivity (Wildman–Crippen MR) is 110 cm³/mol. The molecule has 0 aliphatic carbocycles. The van der Waals surface area contributed by atoms with E-state index in [4.69, 9.17) is 5.41 Å². The molecule has 0 aromatic carbocycles. The van der Waals surface area contributed by atoms with Crippen LogP contribution in [0.25, 0.3) is 0 Å². The zero-order valence-electron chi connectivity index (χ0n) is 16.2. The molecular weight excluding hydrogens is 398 g/mol. The fourth-order valence-corrected chi connectivity index (χ4v) is 5.89. The van der Waals surface area contributed by atoms with Crippen LogP contribution in [-0.2, 0) is 22.0 Å². The number of sulfonamides is 1. The Kier molecular flexibility index (Phi) is 5.20. The van der Waals surface area contributed by atoms with E-state index >= 15 is 0 Å². The molecule has 3 rings (SSSR count). The van der Waals surface area contributed by atoms with Crippen LogP contribution in [0.2, 0.25) is 0 Å². The zero-order valence-corrected chi connectivity index (χ0v) is 17.8. The standard InChI is InChI=1S/C18H23N5O3S2/c1-5-12-7-6-8-14(20-12)21-16(24)13-9-11(2)15(27-13)18(3)10-28(25,26)23(4)17(19)22-18/h6-9H,5,10H2,1-4H3,(H2,19,22)(H,20,21,24)/t18-/m0/s1. The summed E-state index contributed by atoms with van der Waals surface area (Å²) in [5.41, 5.74) is 0.705. The number of nitrogens with zero attached hydrogens (tertiary/aromatic N) is 2. The van der Waals surface area contributed by atoms with E-state index in [1.54, 1.807) is 19.1 Å². The summed E-state index contributed by atoms with van der Waals surface area (Å²) in [6, 6.07) is 7.20. The molecule has 1 saturated heterocycles. The molecule has 0 radical (unpaired) electrons. The van der Waals surface area contributed by atoms with E-state index in [2.05, 4.69) is 15.6 Å². The lowest BCUT2D eigenvalue weighted by molar-refractivity contribution is 0.103. The molecule has 1 aliphatic rings. The highest BCUT2D eigenvalue weighted by atomic mass is 32.2. The van der Waals surface area contributed by atoms with E-state index in [-0.39, 0.29) is 17.6 Å². The number of nitrogens with one attached hydrogen (secondary N) is 3. The van der Waals surface area contributed by atoms with Crippen molar-refractivity contribution in [3.05, 3.63) is 45.3 Å². The van der Waals surface area contributed by atoms with Crippen LogP contribution in [0.1, 0.15) is 39.7 Å². The molecule has 0 bridgehead atoms. The number of guanidine groups is 1. The number of hydrogen-bond donors (Lipinski definition) is 3. The Balaban J connectivity index is 1.88. The van der Waals surface area contributed by atoms with Gasteiger partial charge in [0, 0.05) is 17.6 Å². The van der Waals surface area contributed by atoms with Gasteiger partial charge in [0.15, 0.2) is 0 Å². The van der Waals surface area contributed by atoms with Gasteiger partial charge < -0.3 is 10.6 Å². The Morgan fingerprint density at radius 2 is 2.18 bits per heavy atom. The smallest absolute Gasteiger partial charge is 0.266 e. The summed E-state index contributed by atoms with van der Waals surface area (Å²) in [5.74, 6) is -0.200. The average molecular weight is 422 g/mol. The molecule has 28 heavy (non-hydrogen) atoms. The highest BCUT2D eigenvalue weighted by Gasteiger charge is 2.43. The lowest BCUT2D eigenvalue weighted by atomic mass is 9.99. The maximum atomic E-state index is 12.7. The largest absolute Gasteiger partial charge is 0.344 e. The van der Waals surface area contributed by atoms with Crippen LogP contribution in [0.3, 0.4) is 0 Å². The van der Waals surface area contributed by atoms with Crippen molar-refractivity contribution in [2.24, 2.45) is 0 Å². The summed E-state index contributed by atoms with van der Waals surface area (Å²) in [5, 5.41) is 13.7. The summed E-state index contributed by atoms with van der Waals surface area (Å²) in [6.07, 6.45) is 0.769. The van der Waals surface area contributed by atoms with E-state index in [1.807, 2.05) is 26.0 Å². The second kappa shape index (κ2) is 7.17. The Hall–Kier alpha value is -2.46. The number of pyridine rings is 1. The molecule has 2 aromatic rings. The van der Waals surface area contributed by atoms with Crippen LogP contribution in [0, 0.1) is 12.3 Å². The van der Waals surface area contributed by atoms with Crippen molar-refractivity contribution in [1.82, 2.24) is 14.6 Å². The Morgan fingerprint density at radius 1 is 1.46 bits per heavy atom. The zero-order chi connectivity index (χ0) is 20.7. The van der Waals surface area contributed by atoms with Gasteiger partial charge in [-0.2, -0.15) is 0 Å². The number of carbonyl (C=O) groups excluding carboxylic acids is 1. The van der Waals surface area contributed by atoms with Crippen LogP contribution < -0.4 is 10.6 Å². The van der Waals surface area contributed by atoms with E-state index in [0.29, 0.717) is 15.6 Å². The maximum Gasteiger partial charge on any atom is 0.266 e. The minimum atomic E-state index is -3.61. The Labute approximate surface area is 168 Å². The monoisotopic (exact) mass is 421 g/mol. The second-order valence-electron chi connectivity index (χ2n) is 6.97. The molecule has 10 heteroatoms. The average Bonchev–Trinajstić information content (AvgIpc) is 3.02. The van der Waals surface area contributed by atoms with Gasteiger partial charge in [-0.3, -0.25) is 10.2 Å².